The molecule has 0 radical (unpaired) electrons. The number of carbonyl (C=O) groups excluding carboxylic acids is 2. The Bertz CT molecular complexity index is 799. The zero-order valence-electron chi connectivity index (χ0n) is 16.6. The summed E-state index contributed by atoms with van der Waals surface area (Å²) in [6.07, 6.45) is 2.11. The van der Waals surface area contributed by atoms with Crippen LogP contribution in [0.25, 0.3) is 0 Å². The highest BCUT2D eigenvalue weighted by Gasteiger charge is 2.21. The van der Waals surface area contributed by atoms with E-state index in [0.717, 1.165) is 25.0 Å². The number of amides is 2. The van der Waals surface area contributed by atoms with Gasteiger partial charge < -0.3 is 15.0 Å². The van der Waals surface area contributed by atoms with Crippen LogP contribution in [0, 0.1) is 0 Å². The van der Waals surface area contributed by atoms with Crippen molar-refractivity contribution in [2.24, 2.45) is 0 Å². The average Bonchev–Trinajstić information content (AvgIpc) is 3.24. The van der Waals surface area contributed by atoms with Crippen molar-refractivity contribution in [1.82, 2.24) is 10.2 Å². The van der Waals surface area contributed by atoms with Gasteiger partial charge in [0.25, 0.3) is 11.8 Å². The molecule has 1 atom stereocenters. The third kappa shape index (κ3) is 5.20. The van der Waals surface area contributed by atoms with E-state index < -0.39 is 0 Å². The number of nitrogens with zero attached hydrogens (tertiary/aromatic N) is 1. The molecule has 5 nitrogen and oxygen atoms in total. The summed E-state index contributed by atoms with van der Waals surface area (Å²) in [5.74, 6) is -0.253. The fourth-order valence-electron chi connectivity index (χ4n) is 3.34. The Morgan fingerprint density at radius 1 is 1.11 bits per heavy atom. The Morgan fingerprint density at radius 2 is 1.86 bits per heavy atom. The molecule has 1 aliphatic rings. The molecule has 1 fully saturated rings. The van der Waals surface area contributed by atoms with E-state index in [1.54, 1.807) is 24.3 Å². The van der Waals surface area contributed by atoms with Crippen LogP contribution >= 0.6 is 0 Å². The molecule has 1 saturated heterocycles. The van der Waals surface area contributed by atoms with Crippen molar-refractivity contribution in [3.05, 3.63) is 71.3 Å². The second-order valence-electron chi connectivity index (χ2n) is 7.44. The van der Waals surface area contributed by atoms with Crippen molar-refractivity contribution in [3.8, 4) is 0 Å². The highest BCUT2D eigenvalue weighted by molar-refractivity contribution is 5.99. The van der Waals surface area contributed by atoms with Gasteiger partial charge in [0.05, 0.1) is 6.10 Å². The first-order valence-corrected chi connectivity index (χ1v) is 9.89. The summed E-state index contributed by atoms with van der Waals surface area (Å²) < 4.78 is 5.54. The lowest BCUT2D eigenvalue weighted by Gasteiger charge is -2.27. The summed E-state index contributed by atoms with van der Waals surface area (Å²) >= 11 is 0. The van der Waals surface area contributed by atoms with Crippen LogP contribution in [0.4, 0.5) is 0 Å². The summed E-state index contributed by atoms with van der Waals surface area (Å²) in [4.78, 5) is 27.4. The van der Waals surface area contributed by atoms with Crippen molar-refractivity contribution in [2.45, 2.75) is 45.4 Å². The van der Waals surface area contributed by atoms with Crippen molar-refractivity contribution in [2.75, 3.05) is 13.2 Å². The van der Waals surface area contributed by atoms with Gasteiger partial charge in [0.1, 0.15) is 0 Å². The van der Waals surface area contributed by atoms with E-state index in [0.29, 0.717) is 24.2 Å². The first-order chi connectivity index (χ1) is 13.5. The van der Waals surface area contributed by atoms with Gasteiger partial charge in [-0.05, 0) is 50.5 Å². The minimum atomic E-state index is -0.177. The number of benzene rings is 2. The predicted molar refractivity (Wildman–Crippen MR) is 109 cm³/mol. The summed E-state index contributed by atoms with van der Waals surface area (Å²) in [6, 6.07) is 16.9. The Labute approximate surface area is 166 Å². The van der Waals surface area contributed by atoms with E-state index in [9.17, 15) is 9.59 Å². The standard InChI is InChI=1S/C23H28N2O3/c1-17(2)25(16-18-8-4-3-5-9-18)23(27)20-11-6-10-19(14-20)22(26)24-15-21-12-7-13-28-21/h3-6,8-11,14,17,21H,7,12-13,15-16H2,1-2H3,(H,24,26). The lowest BCUT2D eigenvalue weighted by atomic mass is 10.1. The summed E-state index contributed by atoms with van der Waals surface area (Å²) in [5, 5.41) is 2.91. The van der Waals surface area contributed by atoms with Crippen LogP contribution in [-0.4, -0.2) is 42.0 Å². The van der Waals surface area contributed by atoms with E-state index in [2.05, 4.69) is 5.32 Å². The van der Waals surface area contributed by atoms with E-state index >= 15 is 0 Å². The second kappa shape index (κ2) is 9.51. The molecular weight excluding hydrogens is 352 g/mol. The van der Waals surface area contributed by atoms with E-state index in [4.69, 9.17) is 4.74 Å². The fraction of sp³-hybridized carbons (Fsp3) is 0.391. The van der Waals surface area contributed by atoms with Crippen LogP contribution in [0.2, 0.25) is 0 Å². The monoisotopic (exact) mass is 380 g/mol. The van der Waals surface area contributed by atoms with E-state index in [-0.39, 0.29) is 24.0 Å². The lowest BCUT2D eigenvalue weighted by Crippen LogP contribution is -2.36. The minimum Gasteiger partial charge on any atom is -0.376 e. The first-order valence-electron chi connectivity index (χ1n) is 9.89. The molecule has 2 amide bonds. The number of hydrogen-bond acceptors (Lipinski definition) is 3. The zero-order valence-corrected chi connectivity index (χ0v) is 16.6. The van der Waals surface area contributed by atoms with Crippen molar-refractivity contribution in [3.63, 3.8) is 0 Å². The van der Waals surface area contributed by atoms with Crippen LogP contribution in [0.1, 0.15) is 53.0 Å². The molecular formula is C23H28N2O3. The Hall–Kier alpha value is -2.66. The molecule has 28 heavy (non-hydrogen) atoms. The molecule has 0 bridgehead atoms. The van der Waals surface area contributed by atoms with Crippen LogP contribution in [0.15, 0.2) is 54.6 Å². The number of hydrogen-bond donors (Lipinski definition) is 1. The number of carbonyl (C=O) groups is 2. The molecule has 5 heteroatoms. The molecule has 1 heterocycles. The normalized spacial score (nSPS) is 16.2. The fourth-order valence-corrected chi connectivity index (χ4v) is 3.34. The SMILES string of the molecule is CC(C)N(Cc1ccccc1)C(=O)c1cccc(C(=O)NCC2CCCO2)c1. The van der Waals surface area contributed by atoms with Gasteiger partial charge in [0, 0.05) is 36.9 Å². The Morgan fingerprint density at radius 3 is 2.54 bits per heavy atom. The molecule has 1 unspecified atom stereocenters. The lowest BCUT2D eigenvalue weighted by molar-refractivity contribution is 0.0690. The maximum Gasteiger partial charge on any atom is 0.254 e. The van der Waals surface area contributed by atoms with Crippen LogP contribution in [0.3, 0.4) is 0 Å². The topological polar surface area (TPSA) is 58.6 Å². The highest BCUT2D eigenvalue weighted by Crippen LogP contribution is 2.15. The molecule has 1 aliphatic heterocycles. The van der Waals surface area contributed by atoms with Crippen LogP contribution in [-0.2, 0) is 11.3 Å². The van der Waals surface area contributed by atoms with Gasteiger partial charge in [-0.1, -0.05) is 36.4 Å². The minimum absolute atomic E-state index is 0.0460. The molecule has 0 saturated carbocycles. The molecule has 2 aromatic rings. The molecule has 2 aromatic carbocycles. The number of ether oxygens (including phenoxy) is 1. The third-order valence-corrected chi connectivity index (χ3v) is 4.97. The first kappa shape index (κ1) is 20.1. The average molecular weight is 380 g/mol. The van der Waals surface area contributed by atoms with Gasteiger partial charge >= 0.3 is 0 Å². The van der Waals surface area contributed by atoms with Crippen molar-refractivity contribution < 1.29 is 14.3 Å². The molecule has 1 N–H and O–H groups in total. The summed E-state index contributed by atoms with van der Waals surface area (Å²) in [7, 11) is 0. The van der Waals surface area contributed by atoms with Gasteiger partial charge in [-0.3, -0.25) is 9.59 Å². The maximum atomic E-state index is 13.1. The number of nitrogens with one attached hydrogen (secondary N) is 1. The van der Waals surface area contributed by atoms with Crippen LogP contribution in [0.5, 0.6) is 0 Å². The molecule has 148 valence electrons. The van der Waals surface area contributed by atoms with Gasteiger partial charge in [0.15, 0.2) is 0 Å². The van der Waals surface area contributed by atoms with Gasteiger partial charge in [0.2, 0.25) is 0 Å². The predicted octanol–water partition coefficient (Wildman–Crippen LogP) is 3.65. The van der Waals surface area contributed by atoms with Crippen molar-refractivity contribution >= 4 is 11.8 Å². The van der Waals surface area contributed by atoms with Crippen molar-refractivity contribution in [1.29, 1.82) is 0 Å². The number of rotatable bonds is 7. The highest BCUT2D eigenvalue weighted by atomic mass is 16.5. The Kier molecular flexibility index (Phi) is 6.82. The Balaban J connectivity index is 1.69. The van der Waals surface area contributed by atoms with E-state index in [1.165, 1.54) is 0 Å². The molecule has 0 spiro atoms. The molecule has 3 rings (SSSR count). The van der Waals surface area contributed by atoms with E-state index in [1.807, 2.05) is 49.1 Å². The second-order valence-corrected chi connectivity index (χ2v) is 7.44. The smallest absolute Gasteiger partial charge is 0.254 e. The zero-order chi connectivity index (χ0) is 19.9. The quantitative estimate of drug-likeness (QED) is 0.798. The maximum absolute atomic E-state index is 13.1. The molecule has 0 aromatic heterocycles. The summed E-state index contributed by atoms with van der Waals surface area (Å²) in [6.45, 7) is 5.80. The third-order valence-electron chi connectivity index (χ3n) is 4.97. The largest absolute Gasteiger partial charge is 0.376 e. The summed E-state index contributed by atoms with van der Waals surface area (Å²) in [5.41, 5.74) is 2.09. The van der Waals surface area contributed by atoms with Gasteiger partial charge in [-0.25, -0.2) is 0 Å². The van der Waals surface area contributed by atoms with Gasteiger partial charge in [-0.15, -0.1) is 0 Å². The van der Waals surface area contributed by atoms with Gasteiger partial charge in [-0.2, -0.15) is 0 Å². The van der Waals surface area contributed by atoms with Crippen LogP contribution < -0.4 is 5.32 Å². The molecule has 0 aliphatic carbocycles.